The third-order valence-electron chi connectivity index (χ3n) is 6.40. The highest BCUT2D eigenvalue weighted by molar-refractivity contribution is 5.97. The number of esters is 1. The summed E-state index contributed by atoms with van der Waals surface area (Å²) in [6.07, 6.45) is -2.78. The molecule has 39 heavy (non-hydrogen) atoms. The van der Waals surface area contributed by atoms with Gasteiger partial charge >= 0.3 is 5.97 Å². The molecule has 0 bridgehead atoms. The molecule has 1 saturated heterocycles. The Balaban J connectivity index is 1.59. The van der Waals surface area contributed by atoms with Gasteiger partial charge in [0.05, 0.1) is 18.3 Å². The number of ether oxygens (including phenoxy) is 2. The van der Waals surface area contributed by atoms with Gasteiger partial charge in [-0.15, -0.1) is 0 Å². The minimum absolute atomic E-state index is 0.00558. The average molecular weight is 541 g/mol. The zero-order valence-electron chi connectivity index (χ0n) is 21.3. The standard InChI is InChI=1S/C26H29FN6O6/c1-14(2)9-21(35)38-22-19(11-34)39-26(12-28,23(22)36)20-8-7-18-24(30-13-31-33(18)20)32-25(37)17(29)10-15-3-5-16(27)6-4-15/h3-8,13-14,17,19,22-23,34,36H,9-11,29H2,1-2H3,(H,30,31,32,37)/t17-,19+,22+,23+,26-/m0/s1. The van der Waals surface area contributed by atoms with Crippen LogP contribution in [-0.2, 0) is 31.1 Å². The number of aliphatic hydroxyl groups excluding tert-OH is 2. The van der Waals surface area contributed by atoms with Gasteiger partial charge in [-0.2, -0.15) is 10.4 Å². The van der Waals surface area contributed by atoms with Crippen molar-refractivity contribution in [1.82, 2.24) is 14.6 Å². The number of carbonyl (C=O) groups is 2. The molecule has 1 aliphatic rings. The second-order valence-electron chi connectivity index (χ2n) is 9.73. The van der Waals surface area contributed by atoms with Crippen LogP contribution in [0.1, 0.15) is 31.5 Å². The van der Waals surface area contributed by atoms with Crippen molar-refractivity contribution in [2.45, 2.75) is 56.6 Å². The van der Waals surface area contributed by atoms with Gasteiger partial charge in [-0.25, -0.2) is 13.9 Å². The highest BCUT2D eigenvalue weighted by Gasteiger charge is 2.59. The van der Waals surface area contributed by atoms with Gasteiger partial charge in [-0.3, -0.25) is 9.59 Å². The number of aromatic nitrogens is 3. The molecule has 5 N–H and O–H groups in total. The minimum atomic E-state index is -2.06. The number of hydrogen-bond acceptors (Lipinski definition) is 10. The molecule has 1 amide bonds. The lowest BCUT2D eigenvalue weighted by Gasteiger charge is -2.25. The zero-order valence-corrected chi connectivity index (χ0v) is 21.3. The van der Waals surface area contributed by atoms with Crippen LogP contribution in [0.25, 0.3) is 5.52 Å². The predicted molar refractivity (Wildman–Crippen MR) is 134 cm³/mol. The van der Waals surface area contributed by atoms with E-state index in [2.05, 4.69) is 15.4 Å². The van der Waals surface area contributed by atoms with Crippen molar-refractivity contribution >= 4 is 23.2 Å². The number of nitrogens with one attached hydrogen (secondary N) is 1. The third kappa shape index (κ3) is 5.59. The van der Waals surface area contributed by atoms with Crippen molar-refractivity contribution in [3.63, 3.8) is 0 Å². The molecule has 0 radical (unpaired) electrons. The first-order valence-corrected chi connectivity index (χ1v) is 12.3. The van der Waals surface area contributed by atoms with Crippen LogP contribution in [0, 0.1) is 23.1 Å². The quantitative estimate of drug-likeness (QED) is 0.283. The molecule has 2 aromatic heterocycles. The van der Waals surface area contributed by atoms with Crippen LogP contribution >= 0.6 is 0 Å². The van der Waals surface area contributed by atoms with Crippen LogP contribution < -0.4 is 11.1 Å². The molecule has 5 atom stereocenters. The number of carbonyl (C=O) groups excluding carboxylic acids is 2. The number of fused-ring (bicyclic) bond motifs is 1. The number of amides is 1. The van der Waals surface area contributed by atoms with Gasteiger partial charge < -0.3 is 30.7 Å². The van der Waals surface area contributed by atoms with Crippen LogP contribution in [0.3, 0.4) is 0 Å². The van der Waals surface area contributed by atoms with E-state index in [1.165, 1.54) is 40.9 Å². The van der Waals surface area contributed by atoms with Crippen molar-refractivity contribution < 1.29 is 33.7 Å². The first kappa shape index (κ1) is 28.1. The molecule has 3 heterocycles. The third-order valence-corrected chi connectivity index (χ3v) is 6.40. The summed E-state index contributed by atoms with van der Waals surface area (Å²) in [5.41, 5.74) is 4.99. The van der Waals surface area contributed by atoms with E-state index >= 15 is 0 Å². The lowest BCUT2D eigenvalue weighted by molar-refractivity contribution is -0.157. The smallest absolute Gasteiger partial charge is 0.306 e. The molecule has 0 saturated carbocycles. The van der Waals surface area contributed by atoms with Crippen molar-refractivity contribution in [2.24, 2.45) is 11.7 Å². The minimum Gasteiger partial charge on any atom is -0.457 e. The SMILES string of the molecule is CC(C)CC(=O)O[C@H]1[C@@H](O)[C@](C#N)(c2ccc3c(NC(=O)[C@@H](N)Cc4ccc(F)cc4)ncnn23)O[C@@H]1CO. The molecule has 1 fully saturated rings. The largest absolute Gasteiger partial charge is 0.457 e. The summed E-state index contributed by atoms with van der Waals surface area (Å²) in [4.78, 5) is 29.2. The van der Waals surface area contributed by atoms with Gasteiger partial charge in [-0.1, -0.05) is 26.0 Å². The number of halogens is 1. The predicted octanol–water partition coefficient (Wildman–Crippen LogP) is 0.806. The van der Waals surface area contributed by atoms with Crippen molar-refractivity contribution in [3.05, 3.63) is 59.8 Å². The molecule has 0 unspecified atom stereocenters. The second kappa shape index (κ2) is 11.4. The number of anilines is 1. The molecule has 4 rings (SSSR count). The number of benzene rings is 1. The van der Waals surface area contributed by atoms with E-state index in [1.807, 2.05) is 19.9 Å². The normalized spacial score (nSPS) is 23.5. The van der Waals surface area contributed by atoms with E-state index in [-0.39, 0.29) is 35.8 Å². The number of hydrogen-bond donors (Lipinski definition) is 4. The summed E-state index contributed by atoms with van der Waals surface area (Å²) in [5.74, 6) is -1.49. The number of aliphatic hydroxyl groups is 2. The number of nitrogens with two attached hydrogens (primary N) is 1. The van der Waals surface area contributed by atoms with E-state index in [4.69, 9.17) is 15.2 Å². The maximum atomic E-state index is 13.2. The second-order valence-corrected chi connectivity index (χ2v) is 9.73. The van der Waals surface area contributed by atoms with E-state index in [0.29, 0.717) is 5.56 Å². The Labute approximate surface area is 223 Å². The fourth-order valence-corrected chi connectivity index (χ4v) is 4.47. The molecule has 0 aliphatic carbocycles. The van der Waals surface area contributed by atoms with Crippen molar-refractivity contribution in [1.29, 1.82) is 5.26 Å². The van der Waals surface area contributed by atoms with E-state index in [0.717, 1.165) is 6.33 Å². The van der Waals surface area contributed by atoms with Crippen LogP contribution in [0.4, 0.5) is 10.2 Å². The van der Waals surface area contributed by atoms with E-state index < -0.39 is 54.3 Å². The Hall–Kier alpha value is -3.96. The maximum Gasteiger partial charge on any atom is 0.306 e. The first-order chi connectivity index (χ1) is 18.6. The van der Waals surface area contributed by atoms with Crippen LogP contribution in [0.2, 0.25) is 0 Å². The zero-order chi connectivity index (χ0) is 28.3. The summed E-state index contributed by atoms with van der Waals surface area (Å²) in [6, 6.07) is 9.56. The van der Waals surface area contributed by atoms with Gasteiger partial charge in [0.2, 0.25) is 11.5 Å². The Bertz CT molecular complexity index is 1390. The van der Waals surface area contributed by atoms with Gasteiger partial charge in [0.1, 0.15) is 35.9 Å². The van der Waals surface area contributed by atoms with E-state index in [9.17, 15) is 29.5 Å². The van der Waals surface area contributed by atoms with Gasteiger partial charge in [0.15, 0.2) is 11.9 Å². The highest BCUT2D eigenvalue weighted by Crippen LogP contribution is 2.41. The molecule has 206 valence electrons. The van der Waals surface area contributed by atoms with Crippen LogP contribution in [0.5, 0.6) is 0 Å². The van der Waals surface area contributed by atoms with Gasteiger partial charge in [-0.05, 0) is 42.2 Å². The average Bonchev–Trinajstić information content (AvgIpc) is 3.45. The molecular weight excluding hydrogens is 511 g/mol. The topological polar surface area (TPSA) is 185 Å². The summed E-state index contributed by atoms with van der Waals surface area (Å²) in [5, 5.41) is 37.9. The molecule has 0 spiro atoms. The molecular formula is C26H29FN6O6. The summed E-state index contributed by atoms with van der Waals surface area (Å²) >= 11 is 0. The Morgan fingerprint density at radius 3 is 2.67 bits per heavy atom. The number of nitrogens with zero attached hydrogens (tertiary/aromatic N) is 4. The Kier molecular flexibility index (Phi) is 8.22. The highest BCUT2D eigenvalue weighted by atomic mass is 19.1. The maximum absolute atomic E-state index is 13.2. The van der Waals surface area contributed by atoms with Crippen LogP contribution in [-0.4, -0.2) is 67.6 Å². The Morgan fingerprint density at radius 2 is 2.03 bits per heavy atom. The van der Waals surface area contributed by atoms with Crippen LogP contribution in [0.15, 0.2) is 42.7 Å². The lowest BCUT2D eigenvalue weighted by Crippen LogP contribution is -2.43. The molecule has 1 aliphatic heterocycles. The molecule has 12 nitrogen and oxygen atoms in total. The summed E-state index contributed by atoms with van der Waals surface area (Å²) < 4.78 is 25.6. The molecule has 13 heteroatoms. The van der Waals surface area contributed by atoms with Gasteiger partial charge in [0.25, 0.3) is 0 Å². The fourth-order valence-electron chi connectivity index (χ4n) is 4.47. The first-order valence-electron chi connectivity index (χ1n) is 12.3. The number of nitriles is 1. The summed E-state index contributed by atoms with van der Waals surface area (Å²) in [6.45, 7) is 3.03. The summed E-state index contributed by atoms with van der Waals surface area (Å²) in [7, 11) is 0. The van der Waals surface area contributed by atoms with Crippen molar-refractivity contribution in [2.75, 3.05) is 11.9 Å². The Morgan fingerprint density at radius 1 is 1.31 bits per heavy atom. The number of rotatable bonds is 9. The van der Waals surface area contributed by atoms with Gasteiger partial charge in [0, 0.05) is 6.42 Å². The van der Waals surface area contributed by atoms with E-state index in [1.54, 1.807) is 0 Å². The van der Waals surface area contributed by atoms with Crippen molar-refractivity contribution in [3.8, 4) is 6.07 Å². The lowest BCUT2D eigenvalue weighted by atomic mass is 9.92. The fraction of sp³-hybridized carbons (Fsp3) is 0.423. The molecule has 1 aromatic carbocycles. The monoisotopic (exact) mass is 540 g/mol. The molecule has 3 aromatic rings.